The number of likely N-dealkylation sites (tertiary alicyclic amines) is 1. The van der Waals surface area contributed by atoms with Gasteiger partial charge in [-0.15, -0.1) is 0 Å². The van der Waals surface area contributed by atoms with Gasteiger partial charge >= 0.3 is 0 Å². The Morgan fingerprint density at radius 1 is 1.73 bits per heavy atom. The van der Waals surface area contributed by atoms with E-state index in [2.05, 4.69) is 4.90 Å². The third-order valence-corrected chi connectivity index (χ3v) is 2.46. The molecular formula is C8H16FNO. The van der Waals surface area contributed by atoms with Crippen LogP contribution in [0.2, 0.25) is 0 Å². The number of rotatable bonds is 3. The highest BCUT2D eigenvalue weighted by Gasteiger charge is 2.28. The van der Waals surface area contributed by atoms with E-state index in [1.165, 1.54) is 6.42 Å². The molecule has 0 unspecified atom stereocenters. The zero-order chi connectivity index (χ0) is 8.27. The number of hydrogen-bond donors (Lipinski definition) is 0. The van der Waals surface area contributed by atoms with E-state index >= 15 is 0 Å². The Morgan fingerprint density at radius 3 is 2.82 bits per heavy atom. The van der Waals surface area contributed by atoms with Crippen molar-refractivity contribution < 1.29 is 9.13 Å². The predicted molar refractivity (Wildman–Crippen MR) is 42.4 cm³/mol. The molecule has 0 saturated carbocycles. The van der Waals surface area contributed by atoms with Gasteiger partial charge in [-0.2, -0.15) is 0 Å². The van der Waals surface area contributed by atoms with Gasteiger partial charge in [-0.3, -0.25) is 0 Å². The monoisotopic (exact) mass is 161 g/mol. The van der Waals surface area contributed by atoms with Crippen LogP contribution in [0, 0.1) is 0 Å². The summed E-state index contributed by atoms with van der Waals surface area (Å²) in [5.74, 6) is 0. The van der Waals surface area contributed by atoms with E-state index in [4.69, 9.17) is 4.74 Å². The maximum absolute atomic E-state index is 12.3. The molecule has 11 heavy (non-hydrogen) atoms. The number of methoxy groups -OCH3 is 1. The van der Waals surface area contributed by atoms with E-state index < -0.39 is 0 Å². The second-order valence-corrected chi connectivity index (χ2v) is 3.12. The molecule has 1 aliphatic heterocycles. The van der Waals surface area contributed by atoms with Gasteiger partial charge in [0, 0.05) is 13.2 Å². The normalized spacial score (nSPS) is 29.2. The Balaban J connectivity index is 2.43. The van der Waals surface area contributed by atoms with Crippen LogP contribution in [0.15, 0.2) is 0 Å². The molecule has 1 heterocycles. The molecule has 3 heteroatoms. The second-order valence-electron chi connectivity index (χ2n) is 3.12. The van der Waals surface area contributed by atoms with Crippen molar-refractivity contribution in [2.45, 2.75) is 25.0 Å². The predicted octanol–water partition coefficient (Wildman–Crippen LogP) is 1.07. The first-order chi connectivity index (χ1) is 5.29. The lowest BCUT2D eigenvalue weighted by molar-refractivity contribution is 0.0224. The standard InChI is InChI=1S/C8H16FNO/c1-10-5-3-4-7(10)8(6-9)11-2/h7-8H,3-6H2,1-2H3/t7-,8-/m0/s1. The SMILES string of the molecule is CO[C@@H](CF)[C@@H]1CCCN1C. The Labute approximate surface area is 67.3 Å². The molecule has 0 amide bonds. The highest BCUT2D eigenvalue weighted by atomic mass is 19.1. The van der Waals surface area contributed by atoms with Crippen molar-refractivity contribution in [3.63, 3.8) is 0 Å². The fourth-order valence-corrected chi connectivity index (χ4v) is 1.73. The number of alkyl halides is 1. The van der Waals surface area contributed by atoms with Crippen LogP contribution >= 0.6 is 0 Å². The van der Waals surface area contributed by atoms with Crippen molar-refractivity contribution in [3.05, 3.63) is 0 Å². The minimum Gasteiger partial charge on any atom is -0.377 e. The van der Waals surface area contributed by atoms with E-state index in [-0.39, 0.29) is 12.8 Å². The molecule has 1 fully saturated rings. The van der Waals surface area contributed by atoms with Crippen LogP contribution in [-0.4, -0.2) is 44.4 Å². The quantitative estimate of drug-likeness (QED) is 0.613. The Kier molecular flexibility index (Phi) is 3.27. The molecule has 66 valence electrons. The first-order valence-corrected chi connectivity index (χ1v) is 4.08. The molecule has 0 radical (unpaired) electrons. The number of likely N-dealkylation sites (N-methyl/N-ethyl adjacent to an activating group) is 1. The summed E-state index contributed by atoms with van der Waals surface area (Å²) in [5.41, 5.74) is 0. The van der Waals surface area contributed by atoms with Crippen molar-refractivity contribution in [1.82, 2.24) is 4.90 Å². The van der Waals surface area contributed by atoms with Gasteiger partial charge in [-0.1, -0.05) is 0 Å². The van der Waals surface area contributed by atoms with Gasteiger partial charge in [0.15, 0.2) is 0 Å². The van der Waals surface area contributed by atoms with Gasteiger partial charge in [-0.25, -0.2) is 4.39 Å². The number of halogens is 1. The second kappa shape index (κ2) is 4.02. The van der Waals surface area contributed by atoms with E-state index in [0.717, 1.165) is 13.0 Å². The third kappa shape index (κ3) is 1.91. The molecule has 0 N–H and O–H groups in total. The topological polar surface area (TPSA) is 12.5 Å². The zero-order valence-electron chi connectivity index (χ0n) is 7.22. The smallest absolute Gasteiger partial charge is 0.117 e. The molecule has 2 nitrogen and oxygen atoms in total. The minimum absolute atomic E-state index is 0.220. The molecule has 0 aromatic heterocycles. The summed E-state index contributed by atoms with van der Waals surface area (Å²) in [6.45, 7) is 0.704. The molecule has 0 aromatic carbocycles. The van der Waals surface area contributed by atoms with Gasteiger partial charge in [0.2, 0.25) is 0 Å². The Hall–Kier alpha value is -0.150. The first kappa shape index (κ1) is 8.94. The van der Waals surface area contributed by atoms with Crippen molar-refractivity contribution >= 4 is 0 Å². The Morgan fingerprint density at radius 2 is 2.45 bits per heavy atom. The van der Waals surface area contributed by atoms with Crippen LogP contribution in [0.1, 0.15) is 12.8 Å². The van der Waals surface area contributed by atoms with Crippen molar-refractivity contribution in [2.24, 2.45) is 0 Å². The summed E-state index contributed by atoms with van der Waals surface area (Å²) in [5, 5.41) is 0. The third-order valence-electron chi connectivity index (χ3n) is 2.46. The molecule has 1 aliphatic rings. The number of nitrogens with zero attached hydrogens (tertiary/aromatic N) is 1. The summed E-state index contributed by atoms with van der Waals surface area (Å²) in [6.07, 6.45) is 2.02. The molecule has 0 aliphatic carbocycles. The van der Waals surface area contributed by atoms with Crippen LogP contribution in [0.5, 0.6) is 0 Å². The summed E-state index contributed by atoms with van der Waals surface area (Å²) in [6, 6.07) is 0.296. The largest absolute Gasteiger partial charge is 0.377 e. The van der Waals surface area contributed by atoms with Gasteiger partial charge < -0.3 is 9.64 Å². The van der Waals surface area contributed by atoms with Crippen molar-refractivity contribution in [1.29, 1.82) is 0 Å². The molecule has 1 rings (SSSR count). The minimum atomic E-state index is -0.370. The van der Waals surface area contributed by atoms with E-state index in [9.17, 15) is 4.39 Å². The zero-order valence-corrected chi connectivity index (χ0v) is 7.22. The van der Waals surface area contributed by atoms with Crippen LogP contribution in [0.25, 0.3) is 0 Å². The molecule has 2 atom stereocenters. The van der Waals surface area contributed by atoms with Gasteiger partial charge in [0.25, 0.3) is 0 Å². The summed E-state index contributed by atoms with van der Waals surface area (Å²) in [7, 11) is 3.61. The highest BCUT2D eigenvalue weighted by Crippen LogP contribution is 2.19. The van der Waals surface area contributed by atoms with Crippen LogP contribution in [0.3, 0.4) is 0 Å². The maximum atomic E-state index is 12.3. The van der Waals surface area contributed by atoms with E-state index in [1.54, 1.807) is 7.11 Å². The summed E-state index contributed by atoms with van der Waals surface area (Å²) < 4.78 is 17.4. The number of ether oxygens (including phenoxy) is 1. The van der Waals surface area contributed by atoms with Crippen LogP contribution in [0.4, 0.5) is 4.39 Å². The van der Waals surface area contributed by atoms with E-state index in [0.29, 0.717) is 6.04 Å². The number of hydrogen-bond acceptors (Lipinski definition) is 2. The van der Waals surface area contributed by atoms with Gasteiger partial charge in [0.1, 0.15) is 12.8 Å². The van der Waals surface area contributed by atoms with Gasteiger partial charge in [-0.05, 0) is 26.4 Å². The average Bonchev–Trinajstić information content (AvgIpc) is 2.40. The maximum Gasteiger partial charge on any atom is 0.117 e. The lowest BCUT2D eigenvalue weighted by Gasteiger charge is -2.25. The summed E-state index contributed by atoms with van der Waals surface area (Å²) >= 11 is 0. The Bertz CT molecular complexity index is 117. The molecular weight excluding hydrogens is 145 g/mol. The molecule has 0 bridgehead atoms. The van der Waals surface area contributed by atoms with Gasteiger partial charge in [0.05, 0.1) is 0 Å². The lowest BCUT2D eigenvalue weighted by atomic mass is 10.1. The first-order valence-electron chi connectivity index (χ1n) is 4.08. The fraction of sp³-hybridized carbons (Fsp3) is 1.00. The average molecular weight is 161 g/mol. The van der Waals surface area contributed by atoms with Crippen molar-refractivity contribution in [2.75, 3.05) is 27.4 Å². The van der Waals surface area contributed by atoms with E-state index in [1.807, 2.05) is 7.05 Å². The molecule has 0 spiro atoms. The molecule has 1 saturated heterocycles. The summed E-state index contributed by atoms with van der Waals surface area (Å²) in [4.78, 5) is 2.17. The molecule has 0 aromatic rings. The lowest BCUT2D eigenvalue weighted by Crippen LogP contribution is -2.38. The fourth-order valence-electron chi connectivity index (χ4n) is 1.73. The van der Waals surface area contributed by atoms with Crippen LogP contribution < -0.4 is 0 Å². The highest BCUT2D eigenvalue weighted by molar-refractivity contribution is 4.83. The van der Waals surface area contributed by atoms with Crippen LogP contribution in [-0.2, 0) is 4.74 Å². The van der Waals surface area contributed by atoms with Crippen molar-refractivity contribution in [3.8, 4) is 0 Å².